The third-order valence-corrected chi connectivity index (χ3v) is 2.71. The van der Waals surface area contributed by atoms with Crippen molar-refractivity contribution in [2.45, 2.75) is 31.4 Å². The topological polar surface area (TPSA) is 23.5 Å². The van der Waals surface area contributed by atoms with Gasteiger partial charge in [-0.05, 0) is 12.8 Å². The Balaban J connectivity index is 1.89. The number of hydrogen-bond acceptors (Lipinski definition) is 2. The second-order valence-electron chi connectivity index (χ2n) is 3.53. The van der Waals surface area contributed by atoms with Crippen LogP contribution in [0.1, 0.15) is 19.3 Å². The van der Waals surface area contributed by atoms with Crippen LogP contribution in [0.2, 0.25) is 0 Å². The number of nitrogens with zero attached hydrogens (tertiary/aromatic N) is 1. The highest BCUT2D eigenvalue weighted by Crippen LogP contribution is 2.25. The van der Waals surface area contributed by atoms with Crippen LogP contribution in [-0.2, 0) is 0 Å². The Morgan fingerprint density at radius 1 is 1.36 bits per heavy atom. The summed E-state index contributed by atoms with van der Waals surface area (Å²) in [5.74, 6) is 0. The highest BCUT2D eigenvalue weighted by atomic mass is 16.3. The standard InChI is InChI=1S/C9H15NO/c11-9-5-2-6-10(7-9)8-3-1-4-8/h2,5,8-9,11H,1,3-4,6-7H2. The van der Waals surface area contributed by atoms with Gasteiger partial charge in [-0.1, -0.05) is 18.6 Å². The summed E-state index contributed by atoms with van der Waals surface area (Å²) in [6, 6.07) is 0.773. The molecule has 2 aliphatic rings. The van der Waals surface area contributed by atoms with Crippen LogP contribution in [0, 0.1) is 0 Å². The van der Waals surface area contributed by atoms with Crippen LogP contribution >= 0.6 is 0 Å². The van der Waals surface area contributed by atoms with Crippen molar-refractivity contribution in [1.29, 1.82) is 0 Å². The average molecular weight is 153 g/mol. The second-order valence-corrected chi connectivity index (χ2v) is 3.53. The molecule has 2 nitrogen and oxygen atoms in total. The van der Waals surface area contributed by atoms with E-state index in [1.165, 1.54) is 19.3 Å². The van der Waals surface area contributed by atoms with Gasteiger partial charge in [0.2, 0.25) is 0 Å². The molecule has 0 bridgehead atoms. The Kier molecular flexibility index (Phi) is 1.96. The Morgan fingerprint density at radius 2 is 2.18 bits per heavy atom. The van der Waals surface area contributed by atoms with Gasteiger partial charge in [0.15, 0.2) is 0 Å². The fourth-order valence-corrected chi connectivity index (χ4v) is 1.78. The summed E-state index contributed by atoms with van der Waals surface area (Å²) in [4.78, 5) is 2.38. The molecule has 0 aromatic carbocycles. The van der Waals surface area contributed by atoms with Crippen LogP contribution in [0.15, 0.2) is 12.2 Å². The zero-order valence-electron chi connectivity index (χ0n) is 6.74. The van der Waals surface area contributed by atoms with E-state index in [1.807, 2.05) is 6.08 Å². The first-order chi connectivity index (χ1) is 5.36. The summed E-state index contributed by atoms with van der Waals surface area (Å²) in [5, 5.41) is 9.32. The van der Waals surface area contributed by atoms with E-state index < -0.39 is 0 Å². The SMILES string of the molecule is OC1C=CCN(C2CCC2)C1. The molecule has 1 aliphatic heterocycles. The molecule has 1 N–H and O–H groups in total. The highest BCUT2D eigenvalue weighted by Gasteiger charge is 2.26. The van der Waals surface area contributed by atoms with Crippen LogP contribution in [0.3, 0.4) is 0 Å². The van der Waals surface area contributed by atoms with Gasteiger partial charge in [0.05, 0.1) is 6.10 Å². The first kappa shape index (κ1) is 7.32. The first-order valence-corrected chi connectivity index (χ1v) is 4.45. The van der Waals surface area contributed by atoms with Crippen molar-refractivity contribution in [1.82, 2.24) is 4.90 Å². The first-order valence-electron chi connectivity index (χ1n) is 4.45. The lowest BCUT2D eigenvalue weighted by Crippen LogP contribution is -2.45. The molecule has 1 aliphatic carbocycles. The molecular weight excluding hydrogens is 138 g/mol. The molecule has 0 spiro atoms. The number of β-amino-alcohol motifs (C(OH)–C–C–N with tert-alkyl or cyclic N) is 1. The predicted octanol–water partition coefficient (Wildman–Crippen LogP) is 0.772. The second kappa shape index (κ2) is 2.95. The number of aliphatic hydroxyl groups is 1. The summed E-state index contributed by atoms with van der Waals surface area (Å²) in [6.07, 6.45) is 7.80. The zero-order valence-corrected chi connectivity index (χ0v) is 6.74. The average Bonchev–Trinajstić information content (AvgIpc) is 1.83. The van der Waals surface area contributed by atoms with Crippen molar-refractivity contribution in [2.24, 2.45) is 0 Å². The van der Waals surface area contributed by atoms with Crippen molar-refractivity contribution in [3.63, 3.8) is 0 Å². The number of hydrogen-bond donors (Lipinski definition) is 1. The number of aliphatic hydroxyl groups excluding tert-OH is 1. The van der Waals surface area contributed by atoms with Gasteiger partial charge in [-0.25, -0.2) is 0 Å². The van der Waals surface area contributed by atoms with Crippen LogP contribution in [0.4, 0.5) is 0 Å². The lowest BCUT2D eigenvalue weighted by atomic mass is 9.90. The lowest BCUT2D eigenvalue weighted by molar-refractivity contribution is 0.0790. The van der Waals surface area contributed by atoms with Gasteiger partial charge in [-0.3, -0.25) is 4.90 Å². The number of rotatable bonds is 1. The fraction of sp³-hybridized carbons (Fsp3) is 0.778. The normalized spacial score (nSPS) is 33.7. The summed E-state index contributed by atoms with van der Waals surface area (Å²) in [7, 11) is 0. The molecule has 1 atom stereocenters. The Hall–Kier alpha value is -0.340. The molecule has 1 heterocycles. The maximum Gasteiger partial charge on any atom is 0.0848 e. The van der Waals surface area contributed by atoms with Crippen molar-refractivity contribution >= 4 is 0 Å². The monoisotopic (exact) mass is 153 g/mol. The van der Waals surface area contributed by atoms with Crippen molar-refractivity contribution < 1.29 is 5.11 Å². The molecule has 0 saturated heterocycles. The van der Waals surface area contributed by atoms with E-state index in [0.717, 1.165) is 19.1 Å². The van der Waals surface area contributed by atoms with E-state index in [9.17, 15) is 5.11 Å². The molecule has 0 radical (unpaired) electrons. The minimum Gasteiger partial charge on any atom is -0.388 e. The van der Waals surface area contributed by atoms with Crippen LogP contribution < -0.4 is 0 Å². The van der Waals surface area contributed by atoms with E-state index in [1.54, 1.807) is 0 Å². The third-order valence-electron chi connectivity index (χ3n) is 2.71. The van der Waals surface area contributed by atoms with E-state index in [0.29, 0.717) is 0 Å². The van der Waals surface area contributed by atoms with Gasteiger partial charge in [0, 0.05) is 19.1 Å². The Morgan fingerprint density at radius 3 is 2.73 bits per heavy atom. The van der Waals surface area contributed by atoms with Crippen molar-refractivity contribution in [3.8, 4) is 0 Å². The Labute approximate surface area is 67.5 Å². The molecule has 1 unspecified atom stereocenters. The molecular formula is C9H15NO. The van der Waals surface area contributed by atoms with Gasteiger partial charge in [-0.2, -0.15) is 0 Å². The largest absolute Gasteiger partial charge is 0.388 e. The molecule has 0 aromatic rings. The van der Waals surface area contributed by atoms with E-state index in [-0.39, 0.29) is 6.10 Å². The van der Waals surface area contributed by atoms with Crippen LogP contribution in [0.5, 0.6) is 0 Å². The molecule has 1 fully saturated rings. The van der Waals surface area contributed by atoms with Crippen LogP contribution in [-0.4, -0.2) is 35.2 Å². The van der Waals surface area contributed by atoms with Gasteiger partial charge >= 0.3 is 0 Å². The predicted molar refractivity (Wildman–Crippen MR) is 44.4 cm³/mol. The summed E-state index contributed by atoms with van der Waals surface area (Å²) in [6.45, 7) is 1.89. The quantitative estimate of drug-likeness (QED) is 0.562. The maximum atomic E-state index is 9.32. The molecule has 62 valence electrons. The van der Waals surface area contributed by atoms with Gasteiger partial charge in [0.1, 0.15) is 0 Å². The van der Waals surface area contributed by atoms with E-state index >= 15 is 0 Å². The molecule has 2 rings (SSSR count). The maximum absolute atomic E-state index is 9.32. The third kappa shape index (κ3) is 1.47. The zero-order chi connectivity index (χ0) is 7.68. The molecule has 0 amide bonds. The van der Waals surface area contributed by atoms with Gasteiger partial charge < -0.3 is 5.11 Å². The minimum absolute atomic E-state index is 0.218. The summed E-state index contributed by atoms with van der Waals surface area (Å²) in [5.41, 5.74) is 0. The van der Waals surface area contributed by atoms with Crippen molar-refractivity contribution in [3.05, 3.63) is 12.2 Å². The molecule has 11 heavy (non-hydrogen) atoms. The smallest absolute Gasteiger partial charge is 0.0848 e. The van der Waals surface area contributed by atoms with Gasteiger partial charge in [0.25, 0.3) is 0 Å². The molecule has 0 aromatic heterocycles. The molecule has 2 heteroatoms. The minimum atomic E-state index is -0.218. The van der Waals surface area contributed by atoms with Crippen LogP contribution in [0.25, 0.3) is 0 Å². The summed E-state index contributed by atoms with van der Waals surface area (Å²) >= 11 is 0. The van der Waals surface area contributed by atoms with Crippen molar-refractivity contribution in [2.75, 3.05) is 13.1 Å². The lowest BCUT2D eigenvalue weighted by Gasteiger charge is -2.39. The van der Waals surface area contributed by atoms with Gasteiger partial charge in [-0.15, -0.1) is 0 Å². The van der Waals surface area contributed by atoms with E-state index in [4.69, 9.17) is 0 Å². The molecule has 1 saturated carbocycles. The summed E-state index contributed by atoms with van der Waals surface area (Å²) < 4.78 is 0. The highest BCUT2D eigenvalue weighted by molar-refractivity contribution is 4.99. The fourth-order valence-electron chi connectivity index (χ4n) is 1.78. The van der Waals surface area contributed by atoms with E-state index in [2.05, 4.69) is 11.0 Å². The Bertz CT molecular complexity index is 163.